The summed E-state index contributed by atoms with van der Waals surface area (Å²) in [5.41, 5.74) is -0.205. The van der Waals surface area contributed by atoms with Crippen LogP contribution >= 0.6 is 0 Å². The number of hydrogen-bond acceptors (Lipinski definition) is 3. The third-order valence-electron chi connectivity index (χ3n) is 3.78. The van der Waals surface area contributed by atoms with Crippen LogP contribution in [0.5, 0.6) is 5.75 Å². The number of carbonyl (C=O) groups excluding carboxylic acids is 1. The summed E-state index contributed by atoms with van der Waals surface area (Å²) in [5, 5.41) is 3.69. The van der Waals surface area contributed by atoms with Crippen LogP contribution in [0.4, 0.5) is 10.1 Å². The van der Waals surface area contributed by atoms with Crippen molar-refractivity contribution in [2.45, 2.75) is 26.5 Å². The van der Waals surface area contributed by atoms with Crippen molar-refractivity contribution in [3.05, 3.63) is 70.9 Å². The zero-order valence-corrected chi connectivity index (χ0v) is 14.5. The maximum atomic E-state index is 13.6. The van der Waals surface area contributed by atoms with Crippen LogP contribution < -0.4 is 15.6 Å². The van der Waals surface area contributed by atoms with Crippen molar-refractivity contribution in [2.75, 3.05) is 5.32 Å². The zero-order valence-electron chi connectivity index (χ0n) is 14.5. The summed E-state index contributed by atoms with van der Waals surface area (Å²) in [6.07, 6.45) is 1.58. The average Bonchev–Trinajstić information content (AvgIpc) is 2.59. The molecular formula is C20H19FN2O3. The first-order valence-corrected chi connectivity index (χ1v) is 8.28. The maximum absolute atomic E-state index is 13.6. The smallest absolute Gasteiger partial charge is 0.258 e. The highest BCUT2D eigenvalue weighted by molar-refractivity contribution is 5.91. The topological polar surface area (TPSA) is 60.3 Å². The fraction of sp³-hybridized carbons (Fsp3) is 0.200. The van der Waals surface area contributed by atoms with Crippen molar-refractivity contribution in [1.82, 2.24) is 4.57 Å². The Morgan fingerprint density at radius 2 is 1.96 bits per heavy atom. The molecule has 0 aliphatic heterocycles. The van der Waals surface area contributed by atoms with Crippen molar-refractivity contribution in [2.24, 2.45) is 0 Å². The lowest BCUT2D eigenvalue weighted by molar-refractivity contribution is -0.116. The second-order valence-corrected chi connectivity index (χ2v) is 6.19. The first kappa shape index (κ1) is 17.7. The van der Waals surface area contributed by atoms with Crippen molar-refractivity contribution >= 4 is 22.4 Å². The highest BCUT2D eigenvalue weighted by Crippen LogP contribution is 2.19. The van der Waals surface area contributed by atoms with Crippen LogP contribution in [0.2, 0.25) is 0 Å². The number of ether oxygens (including phenoxy) is 1. The maximum Gasteiger partial charge on any atom is 0.258 e. The predicted octanol–water partition coefficient (Wildman–Crippen LogP) is 3.57. The SMILES string of the molecule is CC(C)Oc1ccc2c(=O)n(CC(=O)Nc3ccccc3F)ccc2c1. The molecule has 0 bridgehead atoms. The molecule has 0 unspecified atom stereocenters. The number of hydrogen-bond donors (Lipinski definition) is 1. The number of para-hydroxylation sites is 1. The lowest BCUT2D eigenvalue weighted by Gasteiger charge is -2.11. The molecule has 5 nitrogen and oxygen atoms in total. The van der Waals surface area contributed by atoms with E-state index in [1.165, 1.54) is 22.8 Å². The van der Waals surface area contributed by atoms with Crippen LogP contribution in [0.1, 0.15) is 13.8 Å². The molecule has 0 atom stereocenters. The number of halogens is 1. The Morgan fingerprint density at radius 3 is 2.69 bits per heavy atom. The minimum absolute atomic E-state index is 0.0369. The van der Waals surface area contributed by atoms with E-state index in [-0.39, 0.29) is 23.9 Å². The molecule has 3 aromatic rings. The van der Waals surface area contributed by atoms with Gasteiger partial charge in [0, 0.05) is 11.6 Å². The molecule has 26 heavy (non-hydrogen) atoms. The van der Waals surface area contributed by atoms with Gasteiger partial charge < -0.3 is 14.6 Å². The number of carbonyl (C=O) groups is 1. The fourth-order valence-electron chi connectivity index (χ4n) is 2.64. The van der Waals surface area contributed by atoms with E-state index in [4.69, 9.17) is 4.74 Å². The average molecular weight is 354 g/mol. The summed E-state index contributed by atoms with van der Waals surface area (Å²) >= 11 is 0. The van der Waals surface area contributed by atoms with E-state index < -0.39 is 11.7 Å². The van der Waals surface area contributed by atoms with Gasteiger partial charge >= 0.3 is 0 Å². The van der Waals surface area contributed by atoms with E-state index in [2.05, 4.69) is 5.32 Å². The number of benzene rings is 2. The molecule has 134 valence electrons. The molecule has 0 aliphatic rings. The zero-order chi connectivity index (χ0) is 18.7. The number of anilines is 1. The van der Waals surface area contributed by atoms with E-state index in [1.807, 2.05) is 13.8 Å². The van der Waals surface area contributed by atoms with Crippen molar-refractivity contribution in [1.29, 1.82) is 0 Å². The first-order valence-electron chi connectivity index (χ1n) is 8.28. The van der Waals surface area contributed by atoms with Gasteiger partial charge in [0.2, 0.25) is 5.91 Å². The van der Waals surface area contributed by atoms with Gasteiger partial charge in [-0.15, -0.1) is 0 Å². The lowest BCUT2D eigenvalue weighted by Crippen LogP contribution is -2.27. The predicted molar refractivity (Wildman–Crippen MR) is 99.0 cm³/mol. The standard InChI is InChI=1S/C20H19FN2O3/c1-13(2)26-15-7-8-16-14(11-15)9-10-23(20(16)25)12-19(24)22-18-6-4-3-5-17(18)21/h3-11,13H,12H2,1-2H3,(H,22,24). The summed E-state index contributed by atoms with van der Waals surface area (Å²) in [6.45, 7) is 3.65. The van der Waals surface area contributed by atoms with Crippen LogP contribution in [0.15, 0.2) is 59.5 Å². The molecule has 0 aliphatic carbocycles. The molecule has 0 fully saturated rings. The highest BCUT2D eigenvalue weighted by Gasteiger charge is 2.10. The molecule has 0 spiro atoms. The van der Waals surface area contributed by atoms with Gasteiger partial charge in [0.05, 0.1) is 11.8 Å². The Labute approximate surface area is 150 Å². The molecule has 1 amide bonds. The molecule has 0 saturated heterocycles. The van der Waals surface area contributed by atoms with E-state index in [0.717, 1.165) is 5.39 Å². The second kappa shape index (κ2) is 7.39. The molecule has 2 aromatic carbocycles. The van der Waals surface area contributed by atoms with Crippen LogP contribution in [0.3, 0.4) is 0 Å². The van der Waals surface area contributed by atoms with Crippen molar-refractivity contribution in [3.63, 3.8) is 0 Å². The number of fused-ring (bicyclic) bond motifs is 1. The van der Waals surface area contributed by atoms with Crippen LogP contribution in [0, 0.1) is 5.82 Å². The Bertz CT molecular complexity index is 1010. The van der Waals surface area contributed by atoms with Gasteiger partial charge in [0.25, 0.3) is 5.56 Å². The first-order chi connectivity index (χ1) is 12.4. The normalized spacial score (nSPS) is 10.9. The van der Waals surface area contributed by atoms with E-state index in [9.17, 15) is 14.0 Å². The van der Waals surface area contributed by atoms with E-state index in [0.29, 0.717) is 11.1 Å². The molecule has 3 rings (SSSR count). The molecule has 1 aromatic heterocycles. The molecule has 1 N–H and O–H groups in total. The van der Waals surface area contributed by atoms with Crippen LogP contribution in [0.25, 0.3) is 10.8 Å². The van der Waals surface area contributed by atoms with Crippen LogP contribution in [-0.4, -0.2) is 16.6 Å². The number of pyridine rings is 1. The Morgan fingerprint density at radius 1 is 1.19 bits per heavy atom. The lowest BCUT2D eigenvalue weighted by atomic mass is 10.1. The molecule has 0 radical (unpaired) electrons. The second-order valence-electron chi connectivity index (χ2n) is 6.19. The molecule has 1 heterocycles. The third-order valence-corrected chi connectivity index (χ3v) is 3.78. The minimum Gasteiger partial charge on any atom is -0.491 e. The Balaban J connectivity index is 1.82. The van der Waals surface area contributed by atoms with E-state index in [1.54, 1.807) is 36.5 Å². The quantitative estimate of drug-likeness (QED) is 0.762. The minimum atomic E-state index is -0.524. The summed E-state index contributed by atoms with van der Waals surface area (Å²) in [6, 6.07) is 12.8. The van der Waals surface area contributed by atoms with Crippen molar-refractivity contribution in [3.8, 4) is 5.75 Å². The number of aromatic nitrogens is 1. The van der Waals surface area contributed by atoms with Gasteiger partial charge in [-0.3, -0.25) is 9.59 Å². The number of nitrogens with zero attached hydrogens (tertiary/aromatic N) is 1. The number of nitrogens with one attached hydrogen (secondary N) is 1. The third kappa shape index (κ3) is 3.91. The van der Waals surface area contributed by atoms with Gasteiger partial charge in [-0.25, -0.2) is 4.39 Å². The molecular weight excluding hydrogens is 335 g/mol. The fourth-order valence-corrected chi connectivity index (χ4v) is 2.64. The summed E-state index contributed by atoms with van der Waals surface area (Å²) in [4.78, 5) is 24.7. The highest BCUT2D eigenvalue weighted by atomic mass is 19.1. The largest absolute Gasteiger partial charge is 0.491 e. The Kier molecular flexibility index (Phi) is 5.02. The summed E-state index contributed by atoms with van der Waals surface area (Å²) < 4.78 is 20.5. The number of amides is 1. The monoisotopic (exact) mass is 354 g/mol. The van der Waals surface area contributed by atoms with Gasteiger partial charge in [-0.2, -0.15) is 0 Å². The van der Waals surface area contributed by atoms with E-state index >= 15 is 0 Å². The number of rotatable bonds is 5. The summed E-state index contributed by atoms with van der Waals surface area (Å²) in [5.74, 6) is -0.317. The van der Waals surface area contributed by atoms with Gasteiger partial charge in [0.15, 0.2) is 0 Å². The molecule has 0 saturated carbocycles. The van der Waals surface area contributed by atoms with Gasteiger partial charge in [-0.05, 0) is 55.6 Å². The molecule has 6 heteroatoms. The van der Waals surface area contributed by atoms with Crippen LogP contribution in [-0.2, 0) is 11.3 Å². The van der Waals surface area contributed by atoms with Gasteiger partial charge in [0.1, 0.15) is 18.1 Å². The van der Waals surface area contributed by atoms with Gasteiger partial charge in [-0.1, -0.05) is 12.1 Å². The van der Waals surface area contributed by atoms with Crippen molar-refractivity contribution < 1.29 is 13.9 Å². The Hall–Kier alpha value is -3.15. The summed E-state index contributed by atoms with van der Waals surface area (Å²) in [7, 11) is 0.